The summed E-state index contributed by atoms with van der Waals surface area (Å²) in [5.74, 6) is 2.16. The van der Waals surface area contributed by atoms with E-state index < -0.39 is 0 Å². The van der Waals surface area contributed by atoms with Crippen molar-refractivity contribution in [2.45, 2.75) is 45.1 Å². The Balaban J connectivity index is 1.43. The first kappa shape index (κ1) is 20.5. The van der Waals surface area contributed by atoms with Crippen LogP contribution >= 0.6 is 11.6 Å². The van der Waals surface area contributed by atoms with E-state index in [4.69, 9.17) is 21.1 Å². The van der Waals surface area contributed by atoms with Gasteiger partial charge in [-0.3, -0.25) is 4.79 Å². The molecule has 3 aromatic rings. The first-order valence-corrected chi connectivity index (χ1v) is 10.9. The maximum atomic E-state index is 11.0. The number of halogens is 1. The summed E-state index contributed by atoms with van der Waals surface area (Å²) < 4.78 is 12.0. The largest absolute Gasteiger partial charge is 0.489 e. The molecular formula is C25H26ClNO3. The van der Waals surface area contributed by atoms with Crippen LogP contribution in [0.25, 0.3) is 10.8 Å². The van der Waals surface area contributed by atoms with Gasteiger partial charge in [0.2, 0.25) is 5.91 Å². The molecule has 1 amide bonds. The number of rotatable bonds is 7. The summed E-state index contributed by atoms with van der Waals surface area (Å²) in [5, 5.41) is 5.64. The Kier molecular flexibility index (Phi) is 6.44. The molecule has 1 N–H and O–H groups in total. The van der Waals surface area contributed by atoms with E-state index in [-0.39, 0.29) is 12.0 Å². The summed E-state index contributed by atoms with van der Waals surface area (Å²) in [7, 11) is 0. The van der Waals surface area contributed by atoms with E-state index in [0.29, 0.717) is 17.3 Å². The third-order valence-corrected chi connectivity index (χ3v) is 5.69. The van der Waals surface area contributed by atoms with E-state index in [0.717, 1.165) is 41.5 Å². The second-order valence-corrected chi connectivity index (χ2v) is 8.20. The van der Waals surface area contributed by atoms with E-state index in [1.807, 2.05) is 30.3 Å². The number of hydrogen-bond donors (Lipinski definition) is 1. The molecule has 0 unspecified atom stereocenters. The smallest absolute Gasteiger partial charge is 0.216 e. The summed E-state index contributed by atoms with van der Waals surface area (Å²) in [5.41, 5.74) is 1.19. The van der Waals surface area contributed by atoms with Gasteiger partial charge in [-0.2, -0.15) is 0 Å². The van der Waals surface area contributed by atoms with Gasteiger partial charge in [0.25, 0.3) is 0 Å². The first-order chi connectivity index (χ1) is 14.6. The molecule has 1 aliphatic carbocycles. The summed E-state index contributed by atoms with van der Waals surface area (Å²) in [6, 6.07) is 17.9. The van der Waals surface area contributed by atoms with Gasteiger partial charge in [0.1, 0.15) is 17.2 Å². The van der Waals surface area contributed by atoms with Gasteiger partial charge in [0.05, 0.1) is 11.1 Å². The van der Waals surface area contributed by atoms with Crippen molar-refractivity contribution in [1.82, 2.24) is 5.32 Å². The first-order valence-electron chi connectivity index (χ1n) is 10.5. The number of ether oxygens (including phenoxy) is 2. The fraction of sp³-hybridized carbons (Fsp3) is 0.320. The number of carbonyl (C=O) groups excluding carboxylic acids is 1. The van der Waals surface area contributed by atoms with Crippen molar-refractivity contribution in [3.8, 4) is 17.2 Å². The average molecular weight is 424 g/mol. The van der Waals surface area contributed by atoms with Crippen molar-refractivity contribution in [2.24, 2.45) is 0 Å². The maximum Gasteiger partial charge on any atom is 0.216 e. The average Bonchev–Trinajstić information content (AvgIpc) is 3.23. The maximum absolute atomic E-state index is 11.0. The van der Waals surface area contributed by atoms with Crippen molar-refractivity contribution < 1.29 is 14.3 Å². The quantitative estimate of drug-likeness (QED) is 0.486. The number of nitrogens with one attached hydrogen (secondary N) is 1. The molecule has 30 heavy (non-hydrogen) atoms. The molecule has 0 aromatic heterocycles. The molecule has 0 heterocycles. The molecule has 4 rings (SSSR count). The summed E-state index contributed by atoms with van der Waals surface area (Å²) in [4.78, 5) is 11.0. The van der Waals surface area contributed by atoms with Crippen LogP contribution in [0.1, 0.15) is 38.2 Å². The molecule has 156 valence electrons. The summed E-state index contributed by atoms with van der Waals surface area (Å²) in [6.07, 6.45) is 5.73. The lowest BCUT2D eigenvalue weighted by atomic mass is 10.0. The summed E-state index contributed by atoms with van der Waals surface area (Å²) in [6.45, 7) is 2.18. The normalized spacial score (nSPS) is 14.1. The van der Waals surface area contributed by atoms with Crippen molar-refractivity contribution in [3.63, 3.8) is 0 Å². The van der Waals surface area contributed by atoms with E-state index in [1.165, 1.54) is 25.3 Å². The Hall–Kier alpha value is -2.72. The van der Waals surface area contributed by atoms with E-state index in [2.05, 4.69) is 23.5 Å². The fourth-order valence-corrected chi connectivity index (χ4v) is 4.05. The minimum atomic E-state index is -0.00388. The van der Waals surface area contributed by atoms with Gasteiger partial charge in [-0.05, 0) is 72.7 Å². The van der Waals surface area contributed by atoms with Gasteiger partial charge in [0.15, 0.2) is 0 Å². The van der Waals surface area contributed by atoms with Crippen molar-refractivity contribution >= 4 is 28.3 Å². The molecule has 0 atom stereocenters. The Morgan fingerprint density at radius 1 is 1.00 bits per heavy atom. The monoisotopic (exact) mass is 423 g/mol. The van der Waals surface area contributed by atoms with Crippen LogP contribution in [-0.4, -0.2) is 18.6 Å². The van der Waals surface area contributed by atoms with Gasteiger partial charge in [-0.1, -0.05) is 35.9 Å². The zero-order valence-corrected chi connectivity index (χ0v) is 17.9. The molecule has 1 fully saturated rings. The molecular weight excluding hydrogens is 398 g/mol. The summed E-state index contributed by atoms with van der Waals surface area (Å²) >= 11 is 6.42. The van der Waals surface area contributed by atoms with E-state index in [9.17, 15) is 4.79 Å². The fourth-order valence-electron chi connectivity index (χ4n) is 3.84. The van der Waals surface area contributed by atoms with Crippen molar-refractivity contribution in [2.75, 3.05) is 6.54 Å². The molecule has 0 saturated heterocycles. The van der Waals surface area contributed by atoms with Crippen LogP contribution in [0.4, 0.5) is 0 Å². The second kappa shape index (κ2) is 9.40. The third kappa shape index (κ3) is 5.25. The Morgan fingerprint density at radius 2 is 1.70 bits per heavy atom. The van der Waals surface area contributed by atoms with Gasteiger partial charge < -0.3 is 14.8 Å². The van der Waals surface area contributed by atoms with E-state index in [1.54, 1.807) is 6.07 Å². The van der Waals surface area contributed by atoms with Crippen LogP contribution in [0, 0.1) is 0 Å². The molecule has 1 saturated carbocycles. The Labute approximate surface area is 182 Å². The lowest BCUT2D eigenvalue weighted by Gasteiger charge is -2.15. The number of carbonyl (C=O) groups is 1. The van der Waals surface area contributed by atoms with Gasteiger partial charge >= 0.3 is 0 Å². The molecule has 0 spiro atoms. The van der Waals surface area contributed by atoms with Crippen LogP contribution in [0.3, 0.4) is 0 Å². The number of amides is 1. The third-order valence-electron chi connectivity index (χ3n) is 5.40. The van der Waals surface area contributed by atoms with Gasteiger partial charge in [0, 0.05) is 19.5 Å². The number of benzene rings is 3. The zero-order chi connectivity index (χ0) is 20.9. The second-order valence-electron chi connectivity index (χ2n) is 7.79. The van der Waals surface area contributed by atoms with Crippen molar-refractivity contribution in [1.29, 1.82) is 0 Å². The molecule has 1 aliphatic rings. The number of fused-ring (bicyclic) bond motifs is 1. The highest BCUT2D eigenvalue weighted by molar-refractivity contribution is 6.32. The molecule has 0 aliphatic heterocycles. The van der Waals surface area contributed by atoms with Gasteiger partial charge in [-0.25, -0.2) is 0 Å². The van der Waals surface area contributed by atoms with Crippen LogP contribution in [0.2, 0.25) is 5.02 Å². The minimum absolute atomic E-state index is 0.00388. The van der Waals surface area contributed by atoms with Gasteiger partial charge in [-0.15, -0.1) is 0 Å². The Bertz CT molecular complexity index is 1040. The molecule has 0 bridgehead atoms. The topological polar surface area (TPSA) is 47.6 Å². The minimum Gasteiger partial charge on any atom is -0.489 e. The van der Waals surface area contributed by atoms with E-state index >= 15 is 0 Å². The lowest BCUT2D eigenvalue weighted by molar-refractivity contribution is -0.118. The van der Waals surface area contributed by atoms with Crippen LogP contribution in [-0.2, 0) is 11.2 Å². The Morgan fingerprint density at radius 3 is 2.47 bits per heavy atom. The predicted octanol–water partition coefficient (Wildman–Crippen LogP) is 6.29. The van der Waals surface area contributed by atoms with Crippen LogP contribution in [0.15, 0.2) is 54.6 Å². The van der Waals surface area contributed by atoms with Crippen LogP contribution in [0.5, 0.6) is 17.2 Å². The van der Waals surface area contributed by atoms with Crippen LogP contribution < -0.4 is 14.8 Å². The van der Waals surface area contributed by atoms with Crippen molar-refractivity contribution in [3.05, 3.63) is 65.2 Å². The highest BCUT2D eigenvalue weighted by atomic mass is 35.5. The lowest BCUT2D eigenvalue weighted by Crippen LogP contribution is -2.22. The molecule has 0 radical (unpaired) electrons. The molecule has 4 nitrogen and oxygen atoms in total. The standard InChI is InChI=1S/C25H26ClNO3/c1-17(28)27-13-12-18-6-7-20-15-22(9-8-19(20)14-18)29-23-10-11-25(24(26)16-23)30-21-4-2-3-5-21/h6-11,14-16,21H,2-5,12-13H2,1H3,(H,27,28). The highest BCUT2D eigenvalue weighted by Crippen LogP contribution is 2.34. The SMILES string of the molecule is CC(=O)NCCc1ccc2cc(Oc3ccc(OC4CCCC4)c(Cl)c3)ccc2c1. The number of hydrogen-bond acceptors (Lipinski definition) is 3. The zero-order valence-electron chi connectivity index (χ0n) is 17.1. The molecule has 3 aromatic carbocycles. The predicted molar refractivity (Wildman–Crippen MR) is 121 cm³/mol. The highest BCUT2D eigenvalue weighted by Gasteiger charge is 2.18. The molecule has 5 heteroatoms.